The molecule has 0 radical (unpaired) electrons. The predicted molar refractivity (Wildman–Crippen MR) is 102 cm³/mol. The zero-order valence-electron chi connectivity index (χ0n) is 15.1. The number of ether oxygens (including phenoxy) is 1. The molecule has 0 unspecified atom stereocenters. The summed E-state index contributed by atoms with van der Waals surface area (Å²) in [5.74, 6) is -1.48. The summed E-state index contributed by atoms with van der Waals surface area (Å²) in [5, 5.41) is 5.53. The van der Waals surface area contributed by atoms with E-state index < -0.39 is 17.5 Å². The van der Waals surface area contributed by atoms with Crippen molar-refractivity contribution in [2.75, 3.05) is 24.3 Å². The van der Waals surface area contributed by atoms with Gasteiger partial charge in [0.2, 0.25) is 5.95 Å². The molecule has 0 saturated heterocycles. The Balaban J connectivity index is 1.58. The van der Waals surface area contributed by atoms with E-state index in [0.29, 0.717) is 12.5 Å². The normalized spacial score (nSPS) is 10.4. The van der Waals surface area contributed by atoms with Gasteiger partial charge in [0.15, 0.2) is 11.6 Å². The number of benzene rings is 2. The number of rotatable bonds is 7. The van der Waals surface area contributed by atoms with Crippen LogP contribution in [0.2, 0.25) is 0 Å². The van der Waals surface area contributed by atoms with Crippen molar-refractivity contribution in [1.82, 2.24) is 9.97 Å². The van der Waals surface area contributed by atoms with Crippen LogP contribution in [-0.2, 0) is 6.42 Å². The molecule has 0 bridgehead atoms. The summed E-state index contributed by atoms with van der Waals surface area (Å²) in [6.07, 6.45) is 2.18. The first-order chi connectivity index (χ1) is 13.5. The first-order valence-electron chi connectivity index (χ1n) is 8.51. The number of halogens is 2. The van der Waals surface area contributed by atoms with Crippen LogP contribution in [-0.4, -0.2) is 29.5 Å². The monoisotopic (exact) mass is 384 g/mol. The minimum atomic E-state index is -1.04. The van der Waals surface area contributed by atoms with Gasteiger partial charge in [-0.05, 0) is 42.3 Å². The number of nitrogens with one attached hydrogen (secondary N) is 2. The van der Waals surface area contributed by atoms with Crippen LogP contribution in [0.4, 0.5) is 20.4 Å². The molecule has 0 aliphatic carbocycles. The lowest BCUT2D eigenvalue weighted by Crippen LogP contribution is -2.16. The Labute approximate surface area is 160 Å². The van der Waals surface area contributed by atoms with E-state index in [0.717, 1.165) is 29.9 Å². The van der Waals surface area contributed by atoms with Crippen LogP contribution in [0, 0.1) is 11.6 Å². The van der Waals surface area contributed by atoms with Crippen molar-refractivity contribution >= 4 is 17.5 Å². The molecule has 0 fully saturated rings. The van der Waals surface area contributed by atoms with Crippen molar-refractivity contribution in [3.63, 3.8) is 0 Å². The van der Waals surface area contributed by atoms with Gasteiger partial charge < -0.3 is 15.4 Å². The Hall–Kier alpha value is -3.55. The minimum absolute atomic E-state index is 0.103. The molecule has 2 N–H and O–H groups in total. The van der Waals surface area contributed by atoms with Gasteiger partial charge in [0, 0.05) is 24.5 Å². The molecule has 0 saturated carbocycles. The van der Waals surface area contributed by atoms with Crippen molar-refractivity contribution in [3.8, 4) is 5.75 Å². The Morgan fingerprint density at radius 2 is 1.86 bits per heavy atom. The van der Waals surface area contributed by atoms with Crippen molar-refractivity contribution in [2.45, 2.75) is 6.42 Å². The van der Waals surface area contributed by atoms with Gasteiger partial charge in [0.1, 0.15) is 11.4 Å². The van der Waals surface area contributed by atoms with Crippen LogP contribution in [0.3, 0.4) is 0 Å². The second-order valence-corrected chi connectivity index (χ2v) is 5.87. The fraction of sp³-hybridized carbons (Fsp3) is 0.150. The molecule has 1 heterocycles. The molecule has 8 heteroatoms. The van der Waals surface area contributed by atoms with Crippen molar-refractivity contribution in [1.29, 1.82) is 0 Å². The van der Waals surface area contributed by atoms with Gasteiger partial charge in [-0.25, -0.2) is 18.7 Å². The van der Waals surface area contributed by atoms with Crippen molar-refractivity contribution < 1.29 is 18.3 Å². The average molecular weight is 384 g/mol. The number of aromatic nitrogens is 2. The number of nitrogens with zero attached hydrogens (tertiary/aromatic N) is 2. The summed E-state index contributed by atoms with van der Waals surface area (Å²) in [6, 6.07) is 12.2. The summed E-state index contributed by atoms with van der Waals surface area (Å²) in [7, 11) is 1.61. The summed E-state index contributed by atoms with van der Waals surface area (Å²) in [4.78, 5) is 20.5. The lowest BCUT2D eigenvalue weighted by molar-refractivity contribution is 0.102. The van der Waals surface area contributed by atoms with Gasteiger partial charge in [0.05, 0.1) is 7.11 Å². The molecule has 1 amide bonds. The van der Waals surface area contributed by atoms with E-state index in [1.165, 1.54) is 18.3 Å². The summed E-state index contributed by atoms with van der Waals surface area (Å²) >= 11 is 0. The molecule has 28 heavy (non-hydrogen) atoms. The quantitative estimate of drug-likeness (QED) is 0.650. The van der Waals surface area contributed by atoms with Crippen molar-refractivity contribution in [3.05, 3.63) is 77.6 Å². The highest BCUT2D eigenvalue weighted by molar-refractivity contribution is 6.02. The fourth-order valence-corrected chi connectivity index (χ4v) is 2.45. The number of amides is 1. The Kier molecular flexibility index (Phi) is 6.11. The molecule has 144 valence electrons. The van der Waals surface area contributed by atoms with E-state index in [2.05, 4.69) is 20.6 Å². The summed E-state index contributed by atoms with van der Waals surface area (Å²) in [6.45, 7) is 0.570. The zero-order valence-corrected chi connectivity index (χ0v) is 15.1. The fourth-order valence-electron chi connectivity index (χ4n) is 2.45. The maximum atomic E-state index is 13.2. The number of methoxy groups -OCH3 is 1. The molecular formula is C20H18F2N4O2. The van der Waals surface area contributed by atoms with E-state index in [9.17, 15) is 13.6 Å². The number of carbonyl (C=O) groups excluding carboxylic acids is 1. The maximum absolute atomic E-state index is 13.2. The SMILES string of the molecule is COc1ccc(CCNc2nccc(C(=O)Nc3ccc(F)c(F)c3)n2)cc1. The third kappa shape index (κ3) is 5.00. The highest BCUT2D eigenvalue weighted by Gasteiger charge is 2.11. The van der Waals surface area contributed by atoms with Crippen LogP contribution in [0.25, 0.3) is 0 Å². The lowest BCUT2D eigenvalue weighted by atomic mass is 10.1. The van der Waals surface area contributed by atoms with Gasteiger partial charge in [-0.15, -0.1) is 0 Å². The molecule has 2 aromatic carbocycles. The number of hydrogen-bond donors (Lipinski definition) is 2. The van der Waals surface area contributed by atoms with Crippen LogP contribution < -0.4 is 15.4 Å². The number of carbonyl (C=O) groups is 1. The van der Waals surface area contributed by atoms with E-state index >= 15 is 0 Å². The molecule has 3 rings (SSSR count). The minimum Gasteiger partial charge on any atom is -0.497 e. The summed E-state index contributed by atoms with van der Waals surface area (Å²) < 4.78 is 31.3. The van der Waals surface area contributed by atoms with E-state index in [-0.39, 0.29) is 11.4 Å². The van der Waals surface area contributed by atoms with Gasteiger partial charge in [-0.3, -0.25) is 4.79 Å². The molecule has 1 aromatic heterocycles. The Morgan fingerprint density at radius 1 is 1.07 bits per heavy atom. The first-order valence-corrected chi connectivity index (χ1v) is 8.51. The third-order valence-electron chi connectivity index (χ3n) is 3.92. The lowest BCUT2D eigenvalue weighted by Gasteiger charge is -2.08. The highest BCUT2D eigenvalue weighted by Crippen LogP contribution is 2.14. The number of hydrogen-bond acceptors (Lipinski definition) is 5. The average Bonchev–Trinajstić information content (AvgIpc) is 2.71. The molecular weight excluding hydrogens is 366 g/mol. The van der Waals surface area contributed by atoms with E-state index in [4.69, 9.17) is 4.74 Å². The van der Waals surface area contributed by atoms with E-state index in [1.807, 2.05) is 24.3 Å². The van der Waals surface area contributed by atoms with Crippen molar-refractivity contribution in [2.24, 2.45) is 0 Å². The standard InChI is InChI=1S/C20H18F2N4O2/c1-28-15-5-2-13(3-6-15)8-10-23-20-24-11-9-18(26-20)19(27)25-14-4-7-16(21)17(22)12-14/h2-7,9,11-12H,8,10H2,1H3,(H,25,27)(H,23,24,26). The predicted octanol–water partition coefficient (Wildman–Crippen LogP) is 3.67. The smallest absolute Gasteiger partial charge is 0.274 e. The maximum Gasteiger partial charge on any atom is 0.274 e. The first kappa shape index (κ1) is 19.2. The second kappa shape index (κ2) is 8.90. The van der Waals surface area contributed by atoms with Crippen LogP contribution in [0.5, 0.6) is 5.75 Å². The Morgan fingerprint density at radius 3 is 2.57 bits per heavy atom. The number of anilines is 2. The zero-order chi connectivity index (χ0) is 19.9. The molecule has 0 spiro atoms. The molecule has 0 atom stereocenters. The van der Waals surface area contributed by atoms with Gasteiger partial charge in [-0.1, -0.05) is 12.1 Å². The highest BCUT2D eigenvalue weighted by atomic mass is 19.2. The molecule has 3 aromatic rings. The third-order valence-corrected chi connectivity index (χ3v) is 3.92. The van der Waals surface area contributed by atoms with Gasteiger partial charge >= 0.3 is 0 Å². The topological polar surface area (TPSA) is 76.1 Å². The molecule has 0 aliphatic rings. The second-order valence-electron chi connectivity index (χ2n) is 5.87. The Bertz CT molecular complexity index is 965. The van der Waals surface area contributed by atoms with E-state index in [1.54, 1.807) is 7.11 Å². The van der Waals surface area contributed by atoms with Gasteiger partial charge in [-0.2, -0.15) is 0 Å². The van der Waals surface area contributed by atoms with Crippen LogP contribution in [0.1, 0.15) is 16.1 Å². The largest absolute Gasteiger partial charge is 0.497 e. The van der Waals surface area contributed by atoms with Crippen LogP contribution in [0.15, 0.2) is 54.7 Å². The molecule has 6 nitrogen and oxygen atoms in total. The summed E-state index contributed by atoms with van der Waals surface area (Å²) in [5.41, 5.74) is 1.35. The van der Waals surface area contributed by atoms with Gasteiger partial charge in [0.25, 0.3) is 5.91 Å². The molecule has 0 aliphatic heterocycles. The van der Waals surface area contributed by atoms with Crippen LogP contribution >= 0.6 is 0 Å².